The average Bonchev–Trinajstić information content (AvgIpc) is 2.99. The van der Waals surface area contributed by atoms with Crippen LogP contribution in [-0.2, 0) is 14.3 Å². The minimum Gasteiger partial charge on any atom is -0.449 e. The molecule has 0 radical (unpaired) electrons. The summed E-state index contributed by atoms with van der Waals surface area (Å²) in [6.45, 7) is 3.59. The number of amides is 1. The van der Waals surface area contributed by atoms with E-state index < -0.39 is 12.1 Å². The van der Waals surface area contributed by atoms with Gasteiger partial charge in [0.05, 0.1) is 0 Å². The second kappa shape index (κ2) is 8.29. The summed E-state index contributed by atoms with van der Waals surface area (Å²) < 4.78 is 6.07. The van der Waals surface area contributed by atoms with Gasteiger partial charge < -0.3 is 10.1 Å². The largest absolute Gasteiger partial charge is 0.449 e. The van der Waals surface area contributed by atoms with Crippen molar-refractivity contribution in [2.45, 2.75) is 51.7 Å². The first-order valence-electron chi connectivity index (χ1n) is 7.91. The van der Waals surface area contributed by atoms with Gasteiger partial charge in [-0.1, -0.05) is 40.9 Å². The molecule has 0 spiro atoms. The predicted octanol–water partition coefficient (Wildman–Crippen LogP) is 3.76. The highest BCUT2D eigenvalue weighted by Crippen LogP contribution is 2.20. The number of carbonyl (C=O) groups is 2. The Balaban J connectivity index is 1.85. The molecule has 1 amide bonds. The van der Waals surface area contributed by atoms with E-state index in [2.05, 4.69) is 21.2 Å². The van der Waals surface area contributed by atoms with Crippen molar-refractivity contribution >= 4 is 33.9 Å². The molecule has 5 heteroatoms. The first kappa shape index (κ1) is 17.7. The number of hydrogen-bond acceptors (Lipinski definition) is 3. The monoisotopic (exact) mass is 379 g/mol. The van der Waals surface area contributed by atoms with Gasteiger partial charge in [0.25, 0.3) is 5.91 Å². The van der Waals surface area contributed by atoms with Crippen molar-refractivity contribution in [1.29, 1.82) is 0 Å². The lowest BCUT2D eigenvalue weighted by atomic mass is 10.1. The van der Waals surface area contributed by atoms with Crippen LogP contribution >= 0.6 is 15.9 Å². The Hall–Kier alpha value is -1.62. The van der Waals surface area contributed by atoms with Gasteiger partial charge in [0.15, 0.2) is 6.10 Å². The fourth-order valence-electron chi connectivity index (χ4n) is 2.58. The highest BCUT2D eigenvalue weighted by Gasteiger charge is 2.22. The lowest BCUT2D eigenvalue weighted by molar-refractivity contribution is -0.150. The highest BCUT2D eigenvalue weighted by molar-refractivity contribution is 9.10. The minimum atomic E-state index is -0.783. The van der Waals surface area contributed by atoms with Crippen molar-refractivity contribution in [2.75, 3.05) is 0 Å². The molecule has 0 heterocycles. The van der Waals surface area contributed by atoms with Crippen molar-refractivity contribution in [1.82, 2.24) is 5.32 Å². The Kier molecular flexibility index (Phi) is 6.39. The summed E-state index contributed by atoms with van der Waals surface area (Å²) in [7, 11) is 0. The first-order valence-corrected chi connectivity index (χ1v) is 8.70. The number of halogens is 1. The lowest BCUT2D eigenvalue weighted by Crippen LogP contribution is -2.40. The van der Waals surface area contributed by atoms with E-state index in [-0.39, 0.29) is 11.9 Å². The molecule has 1 saturated carbocycles. The van der Waals surface area contributed by atoms with Gasteiger partial charge in [-0.15, -0.1) is 0 Å². The quantitative estimate of drug-likeness (QED) is 0.625. The zero-order valence-electron chi connectivity index (χ0n) is 13.5. The van der Waals surface area contributed by atoms with Crippen LogP contribution in [0.25, 0.3) is 6.08 Å². The van der Waals surface area contributed by atoms with Gasteiger partial charge in [0.2, 0.25) is 0 Å². The molecule has 1 aliphatic rings. The van der Waals surface area contributed by atoms with E-state index in [1.807, 2.05) is 25.1 Å². The smallest absolute Gasteiger partial charge is 0.331 e. The summed E-state index contributed by atoms with van der Waals surface area (Å²) in [5.74, 6) is -0.748. The maximum absolute atomic E-state index is 12.0. The van der Waals surface area contributed by atoms with Gasteiger partial charge in [-0.25, -0.2) is 4.79 Å². The summed E-state index contributed by atoms with van der Waals surface area (Å²) >= 11 is 3.45. The number of nitrogens with one attached hydrogen (secondary N) is 1. The van der Waals surface area contributed by atoms with Gasteiger partial charge in [-0.2, -0.15) is 0 Å². The molecule has 1 atom stereocenters. The standard InChI is InChI=1S/C18H22BrNO3/c1-12-7-8-14(16(19)11-12)9-10-17(21)23-13(2)18(22)20-15-5-3-4-6-15/h7-11,13,15H,3-6H2,1-2H3,(H,20,22)/b10-9+/t13-/m1/s1. The Morgan fingerprint density at radius 1 is 1.35 bits per heavy atom. The molecule has 23 heavy (non-hydrogen) atoms. The van der Waals surface area contributed by atoms with Crippen LogP contribution in [-0.4, -0.2) is 24.0 Å². The molecule has 1 aromatic rings. The molecule has 1 fully saturated rings. The number of esters is 1. The molecule has 0 aromatic heterocycles. The van der Waals surface area contributed by atoms with Crippen LogP contribution in [0.1, 0.15) is 43.7 Å². The van der Waals surface area contributed by atoms with E-state index in [1.165, 1.54) is 6.08 Å². The zero-order valence-corrected chi connectivity index (χ0v) is 15.1. The van der Waals surface area contributed by atoms with Crippen LogP contribution in [0, 0.1) is 6.92 Å². The van der Waals surface area contributed by atoms with Crippen LogP contribution in [0.3, 0.4) is 0 Å². The maximum Gasteiger partial charge on any atom is 0.331 e. The third-order valence-corrected chi connectivity index (χ3v) is 4.61. The fraction of sp³-hybridized carbons (Fsp3) is 0.444. The van der Waals surface area contributed by atoms with Crippen molar-refractivity contribution in [3.05, 3.63) is 39.9 Å². The number of ether oxygens (including phenoxy) is 1. The summed E-state index contributed by atoms with van der Waals surface area (Å²) in [6, 6.07) is 6.08. The summed E-state index contributed by atoms with van der Waals surface area (Å²) in [5.41, 5.74) is 2.02. The van der Waals surface area contributed by atoms with E-state index in [1.54, 1.807) is 13.0 Å². The Bertz CT molecular complexity index is 606. The number of rotatable bonds is 5. The topological polar surface area (TPSA) is 55.4 Å². The van der Waals surface area contributed by atoms with Gasteiger partial charge >= 0.3 is 5.97 Å². The van der Waals surface area contributed by atoms with Crippen LogP contribution in [0.4, 0.5) is 0 Å². The van der Waals surface area contributed by atoms with Crippen LogP contribution < -0.4 is 5.32 Å². The molecule has 0 aliphatic heterocycles. The molecule has 1 aliphatic carbocycles. The molecule has 1 aromatic carbocycles. The third kappa shape index (κ3) is 5.50. The van der Waals surface area contributed by atoms with Gasteiger partial charge in [-0.3, -0.25) is 4.79 Å². The van der Waals surface area contributed by atoms with Crippen LogP contribution in [0.15, 0.2) is 28.7 Å². The van der Waals surface area contributed by atoms with E-state index in [9.17, 15) is 9.59 Å². The third-order valence-electron chi connectivity index (χ3n) is 3.92. The molecule has 4 nitrogen and oxygen atoms in total. The minimum absolute atomic E-state index is 0.225. The van der Waals surface area contributed by atoms with Crippen molar-refractivity contribution in [3.63, 3.8) is 0 Å². The maximum atomic E-state index is 12.0. The number of aryl methyl sites for hydroxylation is 1. The van der Waals surface area contributed by atoms with E-state index in [0.29, 0.717) is 0 Å². The zero-order chi connectivity index (χ0) is 16.8. The highest BCUT2D eigenvalue weighted by atomic mass is 79.9. The molecule has 0 unspecified atom stereocenters. The second-order valence-electron chi connectivity index (χ2n) is 5.93. The Labute approximate surface area is 145 Å². The second-order valence-corrected chi connectivity index (χ2v) is 6.78. The summed E-state index contributed by atoms with van der Waals surface area (Å²) in [6.07, 6.45) is 6.54. The predicted molar refractivity (Wildman–Crippen MR) is 93.9 cm³/mol. The van der Waals surface area contributed by atoms with E-state index in [4.69, 9.17) is 4.74 Å². The molecule has 124 valence electrons. The molecule has 0 saturated heterocycles. The van der Waals surface area contributed by atoms with E-state index >= 15 is 0 Å². The number of carbonyl (C=O) groups excluding carboxylic acids is 2. The van der Waals surface area contributed by atoms with Gasteiger partial charge in [0, 0.05) is 16.6 Å². The van der Waals surface area contributed by atoms with Crippen molar-refractivity contribution < 1.29 is 14.3 Å². The van der Waals surface area contributed by atoms with E-state index in [0.717, 1.165) is 41.3 Å². The van der Waals surface area contributed by atoms with Crippen molar-refractivity contribution in [2.24, 2.45) is 0 Å². The van der Waals surface area contributed by atoms with Gasteiger partial charge in [0.1, 0.15) is 0 Å². The Morgan fingerprint density at radius 2 is 2.04 bits per heavy atom. The average molecular weight is 380 g/mol. The van der Waals surface area contributed by atoms with Crippen LogP contribution in [0.2, 0.25) is 0 Å². The molecule has 0 bridgehead atoms. The molecule has 1 N–H and O–H groups in total. The lowest BCUT2D eigenvalue weighted by Gasteiger charge is -2.16. The first-order chi connectivity index (χ1) is 11.0. The van der Waals surface area contributed by atoms with Crippen molar-refractivity contribution in [3.8, 4) is 0 Å². The normalized spacial score (nSPS) is 16.5. The fourth-order valence-corrected chi connectivity index (χ4v) is 3.21. The van der Waals surface area contributed by atoms with Crippen LogP contribution in [0.5, 0.6) is 0 Å². The molecular formula is C18H22BrNO3. The molecule has 2 rings (SSSR count). The Morgan fingerprint density at radius 3 is 2.70 bits per heavy atom. The number of hydrogen-bond donors (Lipinski definition) is 1. The summed E-state index contributed by atoms with van der Waals surface area (Å²) in [4.78, 5) is 23.8. The van der Waals surface area contributed by atoms with Gasteiger partial charge in [-0.05, 0) is 50.0 Å². The SMILES string of the molecule is Cc1ccc(/C=C/C(=O)O[C@H](C)C(=O)NC2CCCC2)c(Br)c1. The summed E-state index contributed by atoms with van der Waals surface area (Å²) in [5, 5.41) is 2.93. The molecular weight excluding hydrogens is 358 g/mol. The number of benzene rings is 1.